The molecule has 0 bridgehead atoms. The molecule has 1 heterocycles. The van der Waals surface area contributed by atoms with Gasteiger partial charge >= 0.3 is 0 Å². The zero-order valence-electron chi connectivity index (χ0n) is 7.80. The van der Waals surface area contributed by atoms with E-state index in [0.29, 0.717) is 10.6 Å². The van der Waals surface area contributed by atoms with Crippen LogP contribution in [0.1, 0.15) is 6.92 Å². The Morgan fingerprint density at radius 3 is 2.93 bits per heavy atom. The lowest BCUT2D eigenvalue weighted by atomic mass is 10.3. The summed E-state index contributed by atoms with van der Waals surface area (Å²) in [5, 5.41) is 11.6. The van der Waals surface area contributed by atoms with Crippen LogP contribution in [-0.2, 0) is 0 Å². The van der Waals surface area contributed by atoms with Crippen molar-refractivity contribution in [2.24, 2.45) is 0 Å². The van der Waals surface area contributed by atoms with Gasteiger partial charge in [-0.3, -0.25) is 10.1 Å². The van der Waals surface area contributed by atoms with Crippen molar-refractivity contribution in [3.05, 3.63) is 51.2 Å². The molecule has 0 saturated heterocycles. The van der Waals surface area contributed by atoms with E-state index in [1.54, 1.807) is 25.1 Å². The third kappa shape index (κ3) is 2.04. The predicted molar refractivity (Wildman–Crippen MR) is 54.2 cm³/mol. The van der Waals surface area contributed by atoms with Crippen LogP contribution < -0.4 is 10.6 Å². The maximum Gasteiger partial charge on any atom is 0.295 e. The number of hydrogen-bond acceptors (Lipinski definition) is 3. The third-order valence-corrected chi connectivity index (χ3v) is 1.66. The van der Waals surface area contributed by atoms with Gasteiger partial charge in [0.2, 0.25) is 0 Å². The van der Waals surface area contributed by atoms with E-state index in [1.165, 1.54) is 12.3 Å². The first-order valence-corrected chi connectivity index (χ1v) is 4.08. The fraction of sp³-hybridized carbons (Fsp3) is 0.100. The Labute approximate surface area is 81.1 Å². The van der Waals surface area contributed by atoms with Gasteiger partial charge in [0.05, 0.1) is 4.92 Å². The molecule has 1 rings (SSSR count). The molecule has 0 aliphatic rings. The molecule has 0 spiro atoms. The maximum atomic E-state index is 10.7. The van der Waals surface area contributed by atoms with Gasteiger partial charge in [-0.15, -0.1) is 0 Å². The minimum Gasteiger partial charge on any atom is -0.258 e. The SMILES string of the molecule is C=c1cccn/c1=C(/C=C\C)[N+](=O)[O-]. The van der Waals surface area contributed by atoms with Crippen LogP contribution in [0.5, 0.6) is 0 Å². The molecule has 0 amide bonds. The van der Waals surface area contributed by atoms with Gasteiger partial charge in [-0.1, -0.05) is 18.7 Å². The Hall–Kier alpha value is -1.97. The van der Waals surface area contributed by atoms with Gasteiger partial charge in [-0.25, -0.2) is 4.98 Å². The van der Waals surface area contributed by atoms with Crippen molar-refractivity contribution in [1.82, 2.24) is 4.98 Å². The second-order valence-electron chi connectivity index (χ2n) is 2.65. The minimum absolute atomic E-state index is 0.0295. The molecule has 0 aromatic carbocycles. The summed E-state index contributed by atoms with van der Waals surface area (Å²) >= 11 is 0. The quantitative estimate of drug-likeness (QED) is 0.502. The topological polar surface area (TPSA) is 56.0 Å². The second kappa shape index (κ2) is 4.32. The summed E-state index contributed by atoms with van der Waals surface area (Å²) in [4.78, 5) is 14.2. The Morgan fingerprint density at radius 1 is 1.71 bits per heavy atom. The van der Waals surface area contributed by atoms with Crippen molar-refractivity contribution in [1.29, 1.82) is 0 Å². The summed E-state index contributed by atoms with van der Waals surface area (Å²) in [6.07, 6.45) is 4.53. The van der Waals surface area contributed by atoms with Crippen LogP contribution in [0.4, 0.5) is 0 Å². The van der Waals surface area contributed by atoms with Gasteiger partial charge < -0.3 is 0 Å². The lowest BCUT2D eigenvalue weighted by Gasteiger charge is -1.91. The van der Waals surface area contributed by atoms with Crippen LogP contribution >= 0.6 is 0 Å². The van der Waals surface area contributed by atoms with Gasteiger partial charge in [-0.2, -0.15) is 0 Å². The normalized spacial score (nSPS) is 12.9. The predicted octanol–water partition coefficient (Wildman–Crippen LogP) is 0.453. The van der Waals surface area contributed by atoms with Crippen molar-refractivity contribution in [3.8, 4) is 0 Å². The van der Waals surface area contributed by atoms with E-state index in [2.05, 4.69) is 11.6 Å². The number of allylic oxidation sites excluding steroid dienone is 1. The molecule has 1 aromatic rings. The van der Waals surface area contributed by atoms with Crippen molar-refractivity contribution < 1.29 is 4.92 Å². The molecule has 0 atom stereocenters. The smallest absolute Gasteiger partial charge is 0.258 e. The molecular weight excluding hydrogens is 180 g/mol. The molecule has 0 aliphatic heterocycles. The Balaban J connectivity index is 3.61. The zero-order valence-corrected chi connectivity index (χ0v) is 7.80. The first-order valence-electron chi connectivity index (χ1n) is 4.08. The van der Waals surface area contributed by atoms with Crippen LogP contribution in [-0.4, -0.2) is 9.91 Å². The van der Waals surface area contributed by atoms with Gasteiger partial charge in [0.25, 0.3) is 5.70 Å². The summed E-state index contributed by atoms with van der Waals surface area (Å²) in [6.45, 7) is 5.40. The number of aromatic nitrogens is 1. The molecule has 0 N–H and O–H groups in total. The molecule has 0 aliphatic carbocycles. The van der Waals surface area contributed by atoms with E-state index >= 15 is 0 Å². The van der Waals surface area contributed by atoms with Crippen LogP contribution in [0.25, 0.3) is 12.3 Å². The third-order valence-electron chi connectivity index (χ3n) is 1.66. The molecule has 4 heteroatoms. The summed E-state index contributed by atoms with van der Waals surface area (Å²) < 4.78 is 0. The number of hydrogen-bond donors (Lipinski definition) is 0. The van der Waals surface area contributed by atoms with Crippen LogP contribution in [0.2, 0.25) is 0 Å². The number of rotatable bonds is 2. The van der Waals surface area contributed by atoms with Crippen LogP contribution in [0.15, 0.2) is 30.5 Å². The van der Waals surface area contributed by atoms with Crippen LogP contribution in [0.3, 0.4) is 0 Å². The summed E-state index contributed by atoms with van der Waals surface area (Å²) in [5.74, 6) is 0. The lowest BCUT2D eigenvalue weighted by Crippen LogP contribution is -2.30. The molecule has 72 valence electrons. The molecule has 0 unspecified atom stereocenters. The van der Waals surface area contributed by atoms with Gasteiger partial charge in [0, 0.05) is 17.5 Å². The molecule has 0 saturated carbocycles. The highest BCUT2D eigenvalue weighted by atomic mass is 16.6. The monoisotopic (exact) mass is 190 g/mol. The molecule has 4 nitrogen and oxygen atoms in total. The minimum atomic E-state index is -0.461. The maximum absolute atomic E-state index is 10.7. The van der Waals surface area contributed by atoms with E-state index in [4.69, 9.17) is 0 Å². The number of nitro groups is 1. The first kappa shape index (κ1) is 10.1. The molecular formula is C10H10N2O2. The standard InChI is InChI=1S/C10H10N2O2/c1-3-5-9(12(13)14)10-8(2)6-4-7-11-10/h3-7H,2H2,1H3/b5-3-,10-9-. The second-order valence-corrected chi connectivity index (χ2v) is 2.65. The number of pyridine rings is 1. The first-order chi connectivity index (χ1) is 6.66. The molecule has 0 radical (unpaired) electrons. The summed E-state index contributed by atoms with van der Waals surface area (Å²) in [7, 11) is 0. The fourth-order valence-electron chi connectivity index (χ4n) is 1.05. The van der Waals surface area contributed by atoms with E-state index in [9.17, 15) is 10.1 Å². The highest BCUT2D eigenvalue weighted by molar-refractivity contribution is 5.46. The van der Waals surface area contributed by atoms with Gasteiger partial charge in [0.15, 0.2) is 0 Å². The Bertz CT molecular complexity index is 477. The molecule has 1 aromatic heterocycles. The highest BCUT2D eigenvalue weighted by Gasteiger charge is 2.07. The fourth-order valence-corrected chi connectivity index (χ4v) is 1.05. The Kier molecular flexibility index (Phi) is 3.12. The van der Waals surface area contributed by atoms with Crippen molar-refractivity contribution in [2.75, 3.05) is 0 Å². The van der Waals surface area contributed by atoms with Gasteiger partial charge in [0.1, 0.15) is 5.35 Å². The number of nitrogens with zero attached hydrogens (tertiary/aromatic N) is 2. The summed E-state index contributed by atoms with van der Waals surface area (Å²) in [5.41, 5.74) is -0.0295. The zero-order chi connectivity index (χ0) is 10.6. The highest BCUT2D eigenvalue weighted by Crippen LogP contribution is 1.94. The molecule has 14 heavy (non-hydrogen) atoms. The van der Waals surface area contributed by atoms with Crippen LogP contribution in [0, 0.1) is 10.1 Å². The average Bonchev–Trinajstić information content (AvgIpc) is 2.15. The Morgan fingerprint density at radius 2 is 2.43 bits per heavy atom. The lowest BCUT2D eigenvalue weighted by molar-refractivity contribution is -0.375. The molecule has 0 fully saturated rings. The summed E-state index contributed by atoms with van der Waals surface area (Å²) in [6, 6.07) is 3.38. The van der Waals surface area contributed by atoms with E-state index in [0.717, 1.165) is 0 Å². The van der Waals surface area contributed by atoms with E-state index < -0.39 is 4.92 Å². The van der Waals surface area contributed by atoms with Crippen molar-refractivity contribution in [2.45, 2.75) is 6.92 Å². The van der Waals surface area contributed by atoms with E-state index in [-0.39, 0.29) is 5.70 Å². The van der Waals surface area contributed by atoms with Crippen molar-refractivity contribution in [3.63, 3.8) is 0 Å². The van der Waals surface area contributed by atoms with E-state index in [1.807, 2.05) is 0 Å². The average molecular weight is 190 g/mol. The largest absolute Gasteiger partial charge is 0.295 e. The van der Waals surface area contributed by atoms with Gasteiger partial charge in [-0.05, 0) is 13.0 Å². The van der Waals surface area contributed by atoms with Crippen molar-refractivity contribution >= 4 is 12.3 Å².